The zero-order valence-electron chi connectivity index (χ0n) is 11.6. The first kappa shape index (κ1) is 14.4. The molecule has 5 heteroatoms. The normalized spacial score (nSPS) is 10.3. The van der Waals surface area contributed by atoms with Crippen molar-refractivity contribution < 1.29 is 9.53 Å². The first-order valence-corrected chi connectivity index (χ1v) is 7.17. The summed E-state index contributed by atoms with van der Waals surface area (Å²) in [5.41, 5.74) is 7.51. The molecule has 3 N–H and O–H groups in total. The van der Waals surface area contributed by atoms with Gasteiger partial charge in [0.2, 0.25) is 0 Å². The van der Waals surface area contributed by atoms with Crippen LogP contribution in [0.5, 0.6) is 5.75 Å². The monoisotopic (exact) mass is 290 g/mol. The fourth-order valence-electron chi connectivity index (χ4n) is 1.69. The molecule has 2 rings (SSSR count). The van der Waals surface area contributed by atoms with Gasteiger partial charge in [-0.3, -0.25) is 4.79 Å². The molecule has 0 fully saturated rings. The summed E-state index contributed by atoms with van der Waals surface area (Å²) in [6, 6.07) is 9.07. The van der Waals surface area contributed by atoms with Gasteiger partial charge in [0.05, 0.1) is 6.54 Å². The third-order valence-electron chi connectivity index (χ3n) is 2.93. The van der Waals surface area contributed by atoms with Gasteiger partial charge in [-0.25, -0.2) is 0 Å². The molecule has 20 heavy (non-hydrogen) atoms. The van der Waals surface area contributed by atoms with E-state index in [0.29, 0.717) is 18.0 Å². The highest BCUT2D eigenvalue weighted by Crippen LogP contribution is 2.20. The number of aryl methyl sites for hydroxylation is 2. The number of ether oxygens (including phenoxy) is 1. The number of amides is 1. The zero-order valence-corrected chi connectivity index (χ0v) is 12.4. The lowest BCUT2D eigenvalue weighted by Crippen LogP contribution is -2.28. The van der Waals surface area contributed by atoms with E-state index in [1.54, 1.807) is 35.6 Å². The molecule has 106 valence electrons. The molecule has 0 spiro atoms. The number of nitrogens with one attached hydrogen (secondary N) is 1. The van der Waals surface area contributed by atoms with E-state index in [1.807, 2.05) is 0 Å². The second kappa shape index (κ2) is 6.43. The summed E-state index contributed by atoms with van der Waals surface area (Å²) in [5, 5.41) is 2.84. The summed E-state index contributed by atoms with van der Waals surface area (Å²) in [7, 11) is 0. The summed E-state index contributed by atoms with van der Waals surface area (Å²) in [4.78, 5) is 14.1. The van der Waals surface area contributed by atoms with Crippen molar-refractivity contribution in [1.29, 1.82) is 0 Å². The van der Waals surface area contributed by atoms with E-state index >= 15 is 0 Å². The molecule has 1 amide bonds. The number of nitrogen functional groups attached to an aromatic ring is 1. The molecule has 0 aliphatic rings. The Kier molecular flexibility index (Phi) is 4.63. The topological polar surface area (TPSA) is 64.3 Å². The number of thiophene rings is 1. The van der Waals surface area contributed by atoms with Gasteiger partial charge < -0.3 is 15.8 Å². The largest absolute Gasteiger partial charge is 0.484 e. The highest BCUT2D eigenvalue weighted by molar-refractivity contribution is 7.12. The van der Waals surface area contributed by atoms with Crippen LogP contribution in [0.3, 0.4) is 0 Å². The van der Waals surface area contributed by atoms with Crippen LogP contribution >= 0.6 is 11.3 Å². The zero-order chi connectivity index (χ0) is 14.5. The Labute approximate surface area is 122 Å². The smallest absolute Gasteiger partial charge is 0.258 e. The molecule has 0 atom stereocenters. The SMILES string of the molecule is Cc1cc(CNC(=O)COc2ccc(N)cc2)sc1C. The minimum Gasteiger partial charge on any atom is -0.484 e. The van der Waals surface area contributed by atoms with Crippen molar-refractivity contribution in [3.8, 4) is 5.75 Å². The van der Waals surface area contributed by atoms with Gasteiger partial charge >= 0.3 is 0 Å². The quantitative estimate of drug-likeness (QED) is 0.832. The number of anilines is 1. The standard InChI is InChI=1S/C15H18N2O2S/c1-10-7-14(20-11(10)2)8-17-15(18)9-19-13-5-3-12(16)4-6-13/h3-7H,8-9,16H2,1-2H3,(H,17,18). The second-order valence-corrected chi connectivity index (χ2v) is 5.93. The number of rotatable bonds is 5. The Morgan fingerprint density at radius 3 is 2.60 bits per heavy atom. The molecule has 0 aliphatic heterocycles. The van der Waals surface area contributed by atoms with Crippen molar-refractivity contribution in [3.05, 3.63) is 45.6 Å². The maximum Gasteiger partial charge on any atom is 0.258 e. The number of hydrogen-bond acceptors (Lipinski definition) is 4. The fourth-order valence-corrected chi connectivity index (χ4v) is 2.68. The van der Waals surface area contributed by atoms with Crippen LogP contribution in [0.4, 0.5) is 5.69 Å². The maximum atomic E-state index is 11.7. The Bertz CT molecular complexity index is 571. The van der Waals surface area contributed by atoms with E-state index in [-0.39, 0.29) is 12.5 Å². The van der Waals surface area contributed by atoms with Crippen LogP contribution in [0.15, 0.2) is 30.3 Å². The van der Waals surface area contributed by atoms with Gasteiger partial charge in [-0.1, -0.05) is 0 Å². The highest BCUT2D eigenvalue weighted by atomic mass is 32.1. The Hall–Kier alpha value is -2.01. The van der Waals surface area contributed by atoms with Crippen LogP contribution in [0.25, 0.3) is 0 Å². The Morgan fingerprint density at radius 1 is 1.30 bits per heavy atom. The molecular formula is C15H18N2O2S. The van der Waals surface area contributed by atoms with Crippen molar-refractivity contribution in [2.45, 2.75) is 20.4 Å². The molecule has 0 unspecified atom stereocenters. The molecule has 4 nitrogen and oxygen atoms in total. The number of benzene rings is 1. The lowest BCUT2D eigenvalue weighted by molar-refractivity contribution is -0.123. The summed E-state index contributed by atoms with van der Waals surface area (Å²) < 4.78 is 5.38. The average molecular weight is 290 g/mol. The minimum atomic E-state index is -0.134. The van der Waals surface area contributed by atoms with Gasteiger partial charge in [-0.15, -0.1) is 11.3 Å². The van der Waals surface area contributed by atoms with Crippen LogP contribution in [-0.4, -0.2) is 12.5 Å². The first-order chi connectivity index (χ1) is 9.54. The fraction of sp³-hybridized carbons (Fsp3) is 0.267. The molecule has 1 aromatic heterocycles. The summed E-state index contributed by atoms with van der Waals surface area (Å²) in [6.07, 6.45) is 0. The molecular weight excluding hydrogens is 272 g/mol. The number of carbonyl (C=O) groups excluding carboxylic acids is 1. The second-order valence-electron chi connectivity index (χ2n) is 4.59. The first-order valence-electron chi connectivity index (χ1n) is 6.35. The number of nitrogens with two attached hydrogens (primary N) is 1. The molecule has 2 aromatic rings. The summed E-state index contributed by atoms with van der Waals surface area (Å²) >= 11 is 1.70. The van der Waals surface area contributed by atoms with E-state index in [2.05, 4.69) is 25.2 Å². The lowest BCUT2D eigenvalue weighted by Gasteiger charge is -2.06. The van der Waals surface area contributed by atoms with E-state index in [9.17, 15) is 4.79 Å². The van der Waals surface area contributed by atoms with Gasteiger partial charge in [-0.05, 0) is 49.7 Å². The van der Waals surface area contributed by atoms with Gasteiger partial charge in [-0.2, -0.15) is 0 Å². The van der Waals surface area contributed by atoms with Crippen LogP contribution < -0.4 is 15.8 Å². The average Bonchev–Trinajstić information content (AvgIpc) is 2.75. The summed E-state index contributed by atoms with van der Waals surface area (Å²) in [6.45, 7) is 4.70. The minimum absolute atomic E-state index is 0.00720. The van der Waals surface area contributed by atoms with Crippen molar-refractivity contribution in [1.82, 2.24) is 5.32 Å². The van der Waals surface area contributed by atoms with E-state index in [0.717, 1.165) is 4.88 Å². The predicted octanol–water partition coefficient (Wildman–Crippen LogP) is 2.64. The van der Waals surface area contributed by atoms with Crippen molar-refractivity contribution in [2.75, 3.05) is 12.3 Å². The molecule has 1 aromatic carbocycles. The van der Waals surface area contributed by atoms with Gasteiger partial charge in [0.1, 0.15) is 5.75 Å². The summed E-state index contributed by atoms with van der Waals surface area (Å²) in [5.74, 6) is 0.502. The predicted molar refractivity (Wildman–Crippen MR) is 82.0 cm³/mol. The molecule has 0 aliphatic carbocycles. The molecule has 0 bridgehead atoms. The molecule has 0 radical (unpaired) electrons. The van der Waals surface area contributed by atoms with Crippen molar-refractivity contribution >= 4 is 22.9 Å². The van der Waals surface area contributed by atoms with Crippen LogP contribution in [-0.2, 0) is 11.3 Å². The number of hydrogen-bond donors (Lipinski definition) is 2. The third-order valence-corrected chi connectivity index (χ3v) is 4.08. The Balaban J connectivity index is 1.76. The van der Waals surface area contributed by atoms with E-state index < -0.39 is 0 Å². The van der Waals surface area contributed by atoms with E-state index in [4.69, 9.17) is 10.5 Å². The van der Waals surface area contributed by atoms with Crippen LogP contribution in [0.2, 0.25) is 0 Å². The highest BCUT2D eigenvalue weighted by Gasteiger charge is 2.05. The van der Waals surface area contributed by atoms with Gasteiger partial charge in [0, 0.05) is 15.4 Å². The van der Waals surface area contributed by atoms with Gasteiger partial charge in [0.15, 0.2) is 6.61 Å². The van der Waals surface area contributed by atoms with Crippen molar-refractivity contribution in [3.63, 3.8) is 0 Å². The molecule has 1 heterocycles. The molecule has 0 saturated heterocycles. The maximum absolute atomic E-state index is 11.7. The van der Waals surface area contributed by atoms with Crippen LogP contribution in [0, 0.1) is 13.8 Å². The number of carbonyl (C=O) groups is 1. The van der Waals surface area contributed by atoms with Crippen molar-refractivity contribution in [2.24, 2.45) is 0 Å². The molecule has 0 saturated carbocycles. The van der Waals surface area contributed by atoms with Crippen LogP contribution in [0.1, 0.15) is 15.3 Å². The lowest BCUT2D eigenvalue weighted by atomic mass is 10.3. The van der Waals surface area contributed by atoms with E-state index in [1.165, 1.54) is 10.4 Å². The van der Waals surface area contributed by atoms with Gasteiger partial charge in [0.25, 0.3) is 5.91 Å². The Morgan fingerprint density at radius 2 is 2.00 bits per heavy atom. The third kappa shape index (κ3) is 3.99.